The lowest BCUT2D eigenvalue weighted by molar-refractivity contribution is 0.0665. The van der Waals surface area contributed by atoms with Gasteiger partial charge in [-0.3, -0.25) is 4.79 Å². The quantitative estimate of drug-likeness (QED) is 0.485. The highest BCUT2D eigenvalue weighted by Gasteiger charge is 2.41. The fraction of sp³-hybridized carbons (Fsp3) is 0.385. The van der Waals surface area contributed by atoms with Gasteiger partial charge in [0.2, 0.25) is 5.82 Å². The molecule has 6 rings (SSSR count). The lowest BCUT2D eigenvalue weighted by Gasteiger charge is -2.41. The largest absolute Gasteiger partial charge is 0.336 e. The van der Waals surface area contributed by atoms with Gasteiger partial charge in [0.15, 0.2) is 0 Å². The van der Waals surface area contributed by atoms with E-state index in [4.69, 9.17) is 4.98 Å². The van der Waals surface area contributed by atoms with E-state index in [1.165, 1.54) is 12.0 Å². The predicted molar refractivity (Wildman–Crippen MR) is 125 cm³/mol. The van der Waals surface area contributed by atoms with E-state index in [1.807, 2.05) is 29.3 Å². The van der Waals surface area contributed by atoms with Gasteiger partial charge in [0, 0.05) is 43.9 Å². The Labute approximate surface area is 193 Å². The minimum absolute atomic E-state index is 0.00677. The number of piperidine rings is 1. The standard InChI is InChI=1S/C26H28N6O/c33-25(24-29-28-23-12-5-2-7-16-32(23)24)30-17-13-26(14-18-30,20-9-3-1-4-10-20)21-19-31-15-8-6-11-22(31)27-21/h1,3-4,6,8-11,15,19H,2,5,7,12-14,16-18H2. The molecule has 7 nitrogen and oxygen atoms in total. The summed E-state index contributed by atoms with van der Waals surface area (Å²) >= 11 is 0. The Hall–Kier alpha value is -3.48. The summed E-state index contributed by atoms with van der Waals surface area (Å²) in [6.07, 6.45) is 10.1. The van der Waals surface area contributed by atoms with Crippen molar-refractivity contribution in [3.63, 3.8) is 0 Å². The molecule has 1 fully saturated rings. The van der Waals surface area contributed by atoms with Gasteiger partial charge in [-0.1, -0.05) is 42.8 Å². The van der Waals surface area contributed by atoms with Crippen LogP contribution < -0.4 is 0 Å². The minimum Gasteiger partial charge on any atom is -0.336 e. The molecule has 0 N–H and O–H groups in total. The van der Waals surface area contributed by atoms with Crippen molar-refractivity contribution in [2.24, 2.45) is 0 Å². The second-order valence-corrected chi connectivity index (χ2v) is 9.23. The number of fused-ring (bicyclic) bond motifs is 2. The Balaban J connectivity index is 1.31. The molecular weight excluding hydrogens is 412 g/mol. The van der Waals surface area contributed by atoms with E-state index < -0.39 is 0 Å². The molecule has 7 heteroatoms. The highest BCUT2D eigenvalue weighted by Crippen LogP contribution is 2.41. The molecule has 1 saturated heterocycles. The molecule has 2 aliphatic rings. The van der Waals surface area contributed by atoms with Gasteiger partial charge in [0.25, 0.3) is 5.91 Å². The Bertz CT molecular complexity index is 1250. The smallest absolute Gasteiger partial charge is 0.291 e. The number of hydrogen-bond donors (Lipinski definition) is 0. The zero-order chi connectivity index (χ0) is 22.3. The van der Waals surface area contributed by atoms with Crippen LogP contribution in [0.15, 0.2) is 60.9 Å². The molecule has 1 aromatic carbocycles. The first-order valence-electron chi connectivity index (χ1n) is 12.0. The highest BCUT2D eigenvalue weighted by atomic mass is 16.2. The second-order valence-electron chi connectivity index (χ2n) is 9.23. The molecule has 168 valence electrons. The summed E-state index contributed by atoms with van der Waals surface area (Å²) in [5, 5.41) is 8.64. The van der Waals surface area contributed by atoms with Gasteiger partial charge in [-0.15, -0.1) is 10.2 Å². The van der Waals surface area contributed by atoms with E-state index >= 15 is 0 Å². The Morgan fingerprint density at radius 1 is 0.879 bits per heavy atom. The van der Waals surface area contributed by atoms with Crippen molar-refractivity contribution < 1.29 is 4.79 Å². The number of hydrogen-bond acceptors (Lipinski definition) is 4. The summed E-state index contributed by atoms with van der Waals surface area (Å²) in [7, 11) is 0. The monoisotopic (exact) mass is 440 g/mol. The number of benzene rings is 1. The molecule has 2 aliphatic heterocycles. The van der Waals surface area contributed by atoms with Gasteiger partial charge in [-0.05, 0) is 43.4 Å². The van der Waals surface area contributed by atoms with Crippen LogP contribution in [0.25, 0.3) is 5.65 Å². The molecule has 5 heterocycles. The summed E-state index contributed by atoms with van der Waals surface area (Å²) in [5.74, 6) is 1.47. The van der Waals surface area contributed by atoms with Crippen LogP contribution in [-0.2, 0) is 18.4 Å². The number of carbonyl (C=O) groups is 1. The molecule has 0 unspecified atom stereocenters. The minimum atomic E-state index is -0.216. The summed E-state index contributed by atoms with van der Waals surface area (Å²) in [6.45, 7) is 2.18. The maximum Gasteiger partial charge on any atom is 0.291 e. The molecule has 0 radical (unpaired) electrons. The molecule has 0 atom stereocenters. The van der Waals surface area contributed by atoms with E-state index in [0.717, 1.165) is 55.8 Å². The Morgan fingerprint density at radius 3 is 2.52 bits per heavy atom. The lowest BCUT2D eigenvalue weighted by atomic mass is 9.70. The summed E-state index contributed by atoms with van der Waals surface area (Å²) in [5.41, 5.74) is 3.07. The Kier molecular flexibility index (Phi) is 4.97. The van der Waals surface area contributed by atoms with Crippen LogP contribution in [0.1, 0.15) is 59.8 Å². The maximum atomic E-state index is 13.5. The van der Waals surface area contributed by atoms with E-state index in [1.54, 1.807) is 0 Å². The van der Waals surface area contributed by atoms with Crippen molar-refractivity contribution in [2.75, 3.05) is 13.1 Å². The third-order valence-corrected chi connectivity index (χ3v) is 7.39. The molecule has 0 aliphatic carbocycles. The zero-order valence-corrected chi connectivity index (χ0v) is 18.7. The van der Waals surface area contributed by atoms with Crippen molar-refractivity contribution >= 4 is 11.6 Å². The summed E-state index contributed by atoms with van der Waals surface area (Å²) in [4.78, 5) is 20.4. The predicted octanol–water partition coefficient (Wildman–Crippen LogP) is 3.87. The first-order chi connectivity index (χ1) is 16.2. The number of aromatic nitrogens is 5. The van der Waals surface area contributed by atoms with Gasteiger partial charge in [0.1, 0.15) is 11.5 Å². The normalized spacial score (nSPS) is 18.1. The summed E-state index contributed by atoms with van der Waals surface area (Å²) < 4.78 is 4.14. The second kappa shape index (κ2) is 8.14. The van der Waals surface area contributed by atoms with Crippen LogP contribution in [-0.4, -0.2) is 48.0 Å². The maximum absolute atomic E-state index is 13.5. The average molecular weight is 441 g/mol. The van der Waals surface area contributed by atoms with Crippen LogP contribution >= 0.6 is 0 Å². The first kappa shape index (κ1) is 20.1. The number of amides is 1. The number of carbonyl (C=O) groups excluding carboxylic acids is 1. The van der Waals surface area contributed by atoms with Gasteiger partial charge in [-0.2, -0.15) is 0 Å². The van der Waals surface area contributed by atoms with Gasteiger partial charge in [0.05, 0.1) is 5.69 Å². The number of pyridine rings is 1. The molecule has 0 bridgehead atoms. The fourth-order valence-corrected chi connectivity index (χ4v) is 5.49. The number of nitrogens with zero attached hydrogens (tertiary/aromatic N) is 6. The zero-order valence-electron chi connectivity index (χ0n) is 18.7. The fourth-order valence-electron chi connectivity index (χ4n) is 5.49. The number of aryl methyl sites for hydroxylation is 1. The van der Waals surface area contributed by atoms with E-state index in [0.29, 0.717) is 18.9 Å². The molecule has 4 aromatic rings. The van der Waals surface area contributed by atoms with Crippen molar-refractivity contribution in [3.05, 3.63) is 83.8 Å². The van der Waals surface area contributed by atoms with Crippen LogP contribution in [0.5, 0.6) is 0 Å². The molecule has 0 spiro atoms. The highest BCUT2D eigenvalue weighted by molar-refractivity contribution is 5.91. The van der Waals surface area contributed by atoms with Crippen molar-refractivity contribution in [3.8, 4) is 0 Å². The number of imidazole rings is 1. The van der Waals surface area contributed by atoms with Crippen molar-refractivity contribution in [1.29, 1.82) is 0 Å². The third kappa shape index (κ3) is 3.43. The van der Waals surface area contributed by atoms with Crippen LogP contribution in [0.2, 0.25) is 0 Å². The van der Waals surface area contributed by atoms with E-state index in [-0.39, 0.29) is 11.3 Å². The van der Waals surface area contributed by atoms with Crippen LogP contribution in [0, 0.1) is 0 Å². The Morgan fingerprint density at radius 2 is 1.70 bits per heavy atom. The van der Waals surface area contributed by atoms with E-state index in [2.05, 4.69) is 55.7 Å². The van der Waals surface area contributed by atoms with Gasteiger partial charge < -0.3 is 13.9 Å². The number of likely N-dealkylation sites (tertiary alicyclic amines) is 1. The van der Waals surface area contributed by atoms with Gasteiger partial charge >= 0.3 is 0 Å². The van der Waals surface area contributed by atoms with Gasteiger partial charge in [-0.25, -0.2) is 4.98 Å². The van der Waals surface area contributed by atoms with Crippen LogP contribution in [0.4, 0.5) is 0 Å². The molecule has 1 amide bonds. The van der Waals surface area contributed by atoms with Crippen molar-refractivity contribution in [2.45, 2.75) is 50.5 Å². The molecular formula is C26H28N6O. The molecule has 3 aromatic heterocycles. The lowest BCUT2D eigenvalue weighted by Crippen LogP contribution is -2.46. The SMILES string of the molecule is O=C(c1nnc2n1CCCCC2)N1CCC(c2ccccc2)(c2cn3ccccc3n2)CC1. The first-order valence-corrected chi connectivity index (χ1v) is 12.0. The number of rotatable bonds is 3. The molecule has 0 saturated carbocycles. The third-order valence-electron chi connectivity index (χ3n) is 7.39. The van der Waals surface area contributed by atoms with Crippen molar-refractivity contribution in [1.82, 2.24) is 29.0 Å². The summed E-state index contributed by atoms with van der Waals surface area (Å²) in [6, 6.07) is 16.7. The molecule has 33 heavy (non-hydrogen) atoms. The average Bonchev–Trinajstić information content (AvgIpc) is 3.42. The van der Waals surface area contributed by atoms with E-state index in [9.17, 15) is 4.79 Å². The topological polar surface area (TPSA) is 68.3 Å². The van der Waals surface area contributed by atoms with Crippen LogP contribution in [0.3, 0.4) is 0 Å².